The van der Waals surface area contributed by atoms with Crippen molar-refractivity contribution in [3.63, 3.8) is 0 Å². The lowest BCUT2D eigenvalue weighted by Gasteiger charge is -2.21. The van der Waals surface area contributed by atoms with Gasteiger partial charge in [0, 0.05) is 39.8 Å². The van der Waals surface area contributed by atoms with Crippen LogP contribution in [0.5, 0.6) is 0 Å². The first-order valence-corrected chi connectivity index (χ1v) is 8.36. The van der Waals surface area contributed by atoms with E-state index in [0.717, 1.165) is 6.42 Å². The first-order chi connectivity index (χ1) is 11.9. The molecule has 1 unspecified atom stereocenters. The van der Waals surface area contributed by atoms with E-state index >= 15 is 0 Å². The summed E-state index contributed by atoms with van der Waals surface area (Å²) >= 11 is 0. The van der Waals surface area contributed by atoms with Crippen LogP contribution in [0.15, 0.2) is 23.2 Å². The SMILES string of the molecule is CCNC(=NCC(=O)N(C)C)NC1CCN(c2c(F)cccc2F)C1.I. The van der Waals surface area contributed by atoms with Gasteiger partial charge in [0.05, 0.1) is 0 Å². The molecular formula is C17H26F2IN5O. The molecule has 0 aliphatic carbocycles. The number of rotatable bonds is 5. The summed E-state index contributed by atoms with van der Waals surface area (Å²) in [7, 11) is 3.35. The number of guanidine groups is 1. The van der Waals surface area contributed by atoms with Crippen LogP contribution in [0, 0.1) is 11.6 Å². The number of hydrogen-bond acceptors (Lipinski definition) is 3. The average Bonchev–Trinajstić information content (AvgIpc) is 3.00. The van der Waals surface area contributed by atoms with E-state index in [9.17, 15) is 13.6 Å². The van der Waals surface area contributed by atoms with Crippen molar-refractivity contribution in [2.24, 2.45) is 4.99 Å². The Morgan fingerprint density at radius 3 is 2.58 bits per heavy atom. The van der Waals surface area contributed by atoms with Gasteiger partial charge in [-0.15, -0.1) is 24.0 Å². The zero-order chi connectivity index (χ0) is 18.4. The van der Waals surface area contributed by atoms with Gasteiger partial charge in [-0.3, -0.25) is 4.79 Å². The van der Waals surface area contributed by atoms with Crippen molar-refractivity contribution in [2.75, 3.05) is 45.2 Å². The van der Waals surface area contributed by atoms with Crippen LogP contribution >= 0.6 is 24.0 Å². The van der Waals surface area contributed by atoms with Gasteiger partial charge in [-0.05, 0) is 25.5 Å². The van der Waals surface area contributed by atoms with Crippen LogP contribution in [-0.2, 0) is 4.79 Å². The molecule has 9 heteroatoms. The molecule has 0 saturated carbocycles. The van der Waals surface area contributed by atoms with E-state index in [0.29, 0.717) is 25.6 Å². The molecule has 1 atom stereocenters. The second kappa shape index (κ2) is 10.5. The first-order valence-electron chi connectivity index (χ1n) is 8.36. The maximum atomic E-state index is 13.9. The van der Waals surface area contributed by atoms with E-state index in [-0.39, 0.29) is 48.2 Å². The first kappa shape index (κ1) is 22.4. The molecule has 0 bridgehead atoms. The number of amides is 1. The Hall–Kier alpha value is -1.65. The number of carbonyl (C=O) groups is 1. The molecule has 2 N–H and O–H groups in total. The molecule has 0 aromatic heterocycles. The van der Waals surface area contributed by atoms with Crippen LogP contribution < -0.4 is 15.5 Å². The highest BCUT2D eigenvalue weighted by atomic mass is 127. The fraction of sp³-hybridized carbons (Fsp3) is 0.529. The molecule has 26 heavy (non-hydrogen) atoms. The van der Waals surface area contributed by atoms with E-state index < -0.39 is 11.6 Å². The quantitative estimate of drug-likeness (QED) is 0.383. The summed E-state index contributed by atoms with van der Waals surface area (Å²) in [6.07, 6.45) is 0.722. The molecule has 146 valence electrons. The van der Waals surface area contributed by atoms with Crippen LogP contribution in [0.25, 0.3) is 0 Å². The third kappa shape index (κ3) is 5.96. The smallest absolute Gasteiger partial charge is 0.243 e. The van der Waals surface area contributed by atoms with Crippen LogP contribution in [0.4, 0.5) is 14.5 Å². The zero-order valence-corrected chi connectivity index (χ0v) is 17.6. The number of halogens is 3. The number of para-hydroxylation sites is 1. The number of nitrogens with one attached hydrogen (secondary N) is 2. The summed E-state index contributed by atoms with van der Waals surface area (Å²) in [5, 5.41) is 6.31. The molecule has 1 saturated heterocycles. The van der Waals surface area contributed by atoms with Gasteiger partial charge in [0.2, 0.25) is 5.91 Å². The molecule has 1 heterocycles. The third-order valence-electron chi connectivity index (χ3n) is 4.00. The van der Waals surface area contributed by atoms with E-state index in [1.807, 2.05) is 6.92 Å². The fourth-order valence-corrected chi connectivity index (χ4v) is 2.67. The minimum atomic E-state index is -0.558. The summed E-state index contributed by atoms with van der Waals surface area (Å²) in [5.41, 5.74) is 0.0107. The summed E-state index contributed by atoms with van der Waals surface area (Å²) in [6, 6.07) is 3.87. The lowest BCUT2D eigenvalue weighted by molar-refractivity contribution is -0.127. The average molecular weight is 481 g/mol. The number of hydrogen-bond donors (Lipinski definition) is 2. The zero-order valence-electron chi connectivity index (χ0n) is 15.3. The minimum Gasteiger partial charge on any atom is -0.365 e. The molecule has 1 fully saturated rings. The summed E-state index contributed by atoms with van der Waals surface area (Å²) in [5.74, 6) is -0.687. The predicted octanol–water partition coefficient (Wildman–Crippen LogP) is 1.80. The molecule has 1 aliphatic heterocycles. The second-order valence-electron chi connectivity index (χ2n) is 6.13. The van der Waals surface area contributed by atoms with Gasteiger partial charge in [-0.1, -0.05) is 6.07 Å². The van der Waals surface area contributed by atoms with E-state index in [2.05, 4.69) is 15.6 Å². The maximum Gasteiger partial charge on any atom is 0.243 e. The van der Waals surface area contributed by atoms with Gasteiger partial charge in [-0.2, -0.15) is 0 Å². The Balaban J connectivity index is 0.00000338. The second-order valence-corrected chi connectivity index (χ2v) is 6.13. The maximum absolute atomic E-state index is 13.9. The molecule has 1 aromatic carbocycles. The predicted molar refractivity (Wildman–Crippen MR) is 110 cm³/mol. The van der Waals surface area contributed by atoms with Gasteiger partial charge in [0.15, 0.2) is 5.96 Å². The topological polar surface area (TPSA) is 60.0 Å². The van der Waals surface area contributed by atoms with Crippen molar-refractivity contribution in [1.82, 2.24) is 15.5 Å². The van der Waals surface area contributed by atoms with Crippen LogP contribution in [0.2, 0.25) is 0 Å². The lowest BCUT2D eigenvalue weighted by Crippen LogP contribution is -2.45. The van der Waals surface area contributed by atoms with E-state index in [1.54, 1.807) is 19.0 Å². The molecular weight excluding hydrogens is 455 g/mol. The van der Waals surface area contributed by atoms with Crippen molar-refractivity contribution in [1.29, 1.82) is 0 Å². The van der Waals surface area contributed by atoms with E-state index in [1.165, 1.54) is 23.1 Å². The molecule has 0 spiro atoms. The van der Waals surface area contributed by atoms with Crippen molar-refractivity contribution >= 4 is 41.5 Å². The molecule has 6 nitrogen and oxygen atoms in total. The Morgan fingerprint density at radius 1 is 1.35 bits per heavy atom. The number of carbonyl (C=O) groups excluding carboxylic acids is 1. The van der Waals surface area contributed by atoms with Crippen LogP contribution in [-0.4, -0.2) is 63.1 Å². The highest BCUT2D eigenvalue weighted by Gasteiger charge is 2.27. The van der Waals surface area contributed by atoms with Gasteiger partial charge in [-0.25, -0.2) is 13.8 Å². The van der Waals surface area contributed by atoms with Gasteiger partial charge in [0.1, 0.15) is 23.9 Å². The summed E-state index contributed by atoms with van der Waals surface area (Å²) in [4.78, 5) is 19.1. The molecule has 1 aromatic rings. The summed E-state index contributed by atoms with van der Waals surface area (Å²) < 4.78 is 27.8. The van der Waals surface area contributed by atoms with Crippen LogP contribution in [0.3, 0.4) is 0 Å². The molecule has 1 amide bonds. The van der Waals surface area contributed by atoms with Gasteiger partial charge in [0.25, 0.3) is 0 Å². The highest BCUT2D eigenvalue weighted by Crippen LogP contribution is 2.26. The number of nitrogens with zero attached hydrogens (tertiary/aromatic N) is 3. The monoisotopic (exact) mass is 481 g/mol. The molecule has 2 rings (SSSR count). The molecule has 1 aliphatic rings. The number of likely N-dealkylation sites (N-methyl/N-ethyl adjacent to an activating group) is 1. The van der Waals surface area contributed by atoms with Crippen molar-refractivity contribution in [3.8, 4) is 0 Å². The Kier molecular flexibility index (Phi) is 9.03. The van der Waals surface area contributed by atoms with E-state index in [4.69, 9.17) is 0 Å². The Bertz CT molecular complexity index is 621. The van der Waals surface area contributed by atoms with Gasteiger partial charge >= 0.3 is 0 Å². The Labute approximate surface area is 170 Å². The van der Waals surface area contributed by atoms with Crippen molar-refractivity contribution < 1.29 is 13.6 Å². The minimum absolute atomic E-state index is 0. The number of anilines is 1. The van der Waals surface area contributed by atoms with Crippen molar-refractivity contribution in [3.05, 3.63) is 29.8 Å². The standard InChI is InChI=1S/C17H25F2N5O.HI/c1-4-20-17(21-10-15(25)23(2)3)22-12-8-9-24(11-12)16-13(18)6-5-7-14(16)19;/h5-7,12H,4,8-11H2,1-3H3,(H2,20,21,22);1H. The normalized spacial score (nSPS) is 16.9. The largest absolute Gasteiger partial charge is 0.365 e. The Morgan fingerprint density at radius 2 is 2.00 bits per heavy atom. The van der Waals surface area contributed by atoms with Crippen molar-refractivity contribution in [2.45, 2.75) is 19.4 Å². The van der Waals surface area contributed by atoms with Gasteiger partial charge < -0.3 is 20.4 Å². The molecule has 0 radical (unpaired) electrons. The fourth-order valence-electron chi connectivity index (χ4n) is 2.67. The number of aliphatic imine (C=N–C) groups is 1. The van der Waals surface area contributed by atoms with Crippen LogP contribution in [0.1, 0.15) is 13.3 Å². The lowest BCUT2D eigenvalue weighted by atomic mass is 10.2. The third-order valence-corrected chi connectivity index (χ3v) is 4.00. The number of benzene rings is 1. The summed E-state index contributed by atoms with van der Waals surface area (Å²) in [6.45, 7) is 3.64. The highest BCUT2D eigenvalue weighted by molar-refractivity contribution is 14.0.